The van der Waals surface area contributed by atoms with Crippen molar-refractivity contribution in [3.63, 3.8) is 0 Å². The Kier molecular flexibility index (Phi) is 6.37. The van der Waals surface area contributed by atoms with Gasteiger partial charge in [-0.1, -0.05) is 0 Å². The maximum Gasteiger partial charge on any atom is 0.407 e. The van der Waals surface area contributed by atoms with E-state index in [0.717, 1.165) is 0 Å². The summed E-state index contributed by atoms with van der Waals surface area (Å²) in [5.41, 5.74) is -0.581. The van der Waals surface area contributed by atoms with E-state index in [1.807, 2.05) is 6.26 Å². The van der Waals surface area contributed by atoms with E-state index in [9.17, 15) is 9.59 Å². The van der Waals surface area contributed by atoms with Crippen molar-refractivity contribution in [2.45, 2.75) is 39.3 Å². The molecule has 2 unspecified atom stereocenters. The van der Waals surface area contributed by atoms with Gasteiger partial charge in [0.15, 0.2) is 0 Å². The number of nitrogens with one attached hydrogen (secondary N) is 1. The monoisotopic (exact) mass is 263 g/mol. The largest absolute Gasteiger partial charge is 0.481 e. The maximum absolute atomic E-state index is 11.5. The molecule has 0 fully saturated rings. The molecule has 0 aromatic heterocycles. The second kappa shape index (κ2) is 6.74. The first-order chi connectivity index (χ1) is 7.67. The molecule has 0 aliphatic rings. The van der Waals surface area contributed by atoms with Crippen molar-refractivity contribution in [3.05, 3.63) is 0 Å². The summed E-state index contributed by atoms with van der Waals surface area (Å²) in [6, 6.07) is -0.463. The minimum Gasteiger partial charge on any atom is -0.481 e. The highest BCUT2D eigenvalue weighted by molar-refractivity contribution is 7.98. The highest BCUT2D eigenvalue weighted by atomic mass is 32.2. The summed E-state index contributed by atoms with van der Waals surface area (Å²) in [7, 11) is 0. The average Bonchev–Trinajstić information content (AvgIpc) is 2.09. The zero-order valence-electron chi connectivity index (χ0n) is 10.9. The Bertz CT molecular complexity index is 275. The quantitative estimate of drug-likeness (QED) is 0.793. The Hall–Kier alpha value is -0.910. The molecule has 17 heavy (non-hydrogen) atoms. The molecular formula is C11H21NO4S. The first-order valence-electron chi connectivity index (χ1n) is 5.38. The third kappa shape index (κ3) is 7.10. The molecule has 0 aliphatic heterocycles. The second-order valence-corrected chi connectivity index (χ2v) is 5.75. The van der Waals surface area contributed by atoms with Gasteiger partial charge in [-0.3, -0.25) is 4.79 Å². The fourth-order valence-corrected chi connectivity index (χ4v) is 1.99. The number of amides is 1. The number of hydrogen-bond donors (Lipinski definition) is 2. The molecule has 5 nitrogen and oxygen atoms in total. The molecule has 0 bridgehead atoms. The molecule has 100 valence electrons. The van der Waals surface area contributed by atoms with Gasteiger partial charge in [-0.05, 0) is 34.0 Å². The van der Waals surface area contributed by atoms with E-state index in [1.54, 1.807) is 27.7 Å². The average molecular weight is 263 g/mol. The lowest BCUT2D eigenvalue weighted by molar-refractivity contribution is -0.141. The summed E-state index contributed by atoms with van der Waals surface area (Å²) in [5, 5.41) is 11.6. The summed E-state index contributed by atoms with van der Waals surface area (Å²) < 4.78 is 5.07. The van der Waals surface area contributed by atoms with Crippen LogP contribution < -0.4 is 5.32 Å². The fourth-order valence-electron chi connectivity index (χ4n) is 1.20. The number of carbonyl (C=O) groups excluding carboxylic acids is 1. The number of rotatable bonds is 5. The molecule has 0 heterocycles. The molecular weight excluding hydrogens is 242 g/mol. The lowest BCUT2D eigenvalue weighted by Gasteiger charge is -2.24. The highest BCUT2D eigenvalue weighted by Crippen LogP contribution is 2.12. The van der Waals surface area contributed by atoms with Crippen molar-refractivity contribution in [3.8, 4) is 0 Å². The third-order valence-electron chi connectivity index (χ3n) is 2.01. The topological polar surface area (TPSA) is 75.6 Å². The van der Waals surface area contributed by atoms with Gasteiger partial charge in [0.05, 0.1) is 5.92 Å². The molecule has 2 atom stereocenters. The zero-order chi connectivity index (χ0) is 13.6. The number of carboxylic acid groups (broad SMARTS) is 1. The van der Waals surface area contributed by atoms with Gasteiger partial charge in [-0.2, -0.15) is 11.8 Å². The van der Waals surface area contributed by atoms with Crippen LogP contribution in [-0.4, -0.2) is 40.8 Å². The van der Waals surface area contributed by atoms with Crippen molar-refractivity contribution in [1.82, 2.24) is 5.32 Å². The SMILES string of the molecule is CSCC(C(=O)O)C(C)NC(=O)OC(C)(C)C. The van der Waals surface area contributed by atoms with E-state index in [1.165, 1.54) is 11.8 Å². The van der Waals surface area contributed by atoms with Gasteiger partial charge < -0.3 is 15.2 Å². The van der Waals surface area contributed by atoms with Crippen LogP contribution in [0.3, 0.4) is 0 Å². The normalized spacial score (nSPS) is 14.9. The Morgan fingerprint density at radius 1 is 1.41 bits per heavy atom. The van der Waals surface area contributed by atoms with E-state index in [-0.39, 0.29) is 0 Å². The maximum atomic E-state index is 11.5. The summed E-state index contributed by atoms with van der Waals surface area (Å²) in [6.07, 6.45) is 1.24. The molecule has 2 N–H and O–H groups in total. The molecule has 0 saturated carbocycles. The molecule has 0 saturated heterocycles. The van der Waals surface area contributed by atoms with Crippen LogP contribution in [-0.2, 0) is 9.53 Å². The predicted octanol–water partition coefficient (Wildman–Crippen LogP) is 1.96. The highest BCUT2D eigenvalue weighted by Gasteiger charge is 2.27. The van der Waals surface area contributed by atoms with E-state index in [0.29, 0.717) is 5.75 Å². The van der Waals surface area contributed by atoms with Gasteiger partial charge in [0.25, 0.3) is 0 Å². The lowest BCUT2D eigenvalue weighted by atomic mass is 10.0. The molecule has 0 rings (SSSR count). The van der Waals surface area contributed by atoms with E-state index in [4.69, 9.17) is 9.84 Å². The van der Waals surface area contributed by atoms with E-state index >= 15 is 0 Å². The predicted molar refractivity (Wildman–Crippen MR) is 68.3 cm³/mol. The third-order valence-corrected chi connectivity index (χ3v) is 2.70. The summed E-state index contributed by atoms with van der Waals surface area (Å²) in [4.78, 5) is 22.5. The number of carboxylic acids is 1. The van der Waals surface area contributed by atoms with Crippen LogP contribution in [0.5, 0.6) is 0 Å². The van der Waals surface area contributed by atoms with Crippen molar-refractivity contribution < 1.29 is 19.4 Å². The van der Waals surface area contributed by atoms with Crippen molar-refractivity contribution in [2.24, 2.45) is 5.92 Å². The van der Waals surface area contributed by atoms with Crippen LogP contribution in [0.15, 0.2) is 0 Å². The van der Waals surface area contributed by atoms with Gasteiger partial charge in [-0.25, -0.2) is 4.79 Å². The van der Waals surface area contributed by atoms with Gasteiger partial charge in [0.2, 0.25) is 0 Å². The van der Waals surface area contributed by atoms with Crippen LogP contribution in [0, 0.1) is 5.92 Å². The molecule has 0 aromatic carbocycles. The number of thioether (sulfide) groups is 1. The molecule has 1 amide bonds. The summed E-state index contributed by atoms with van der Waals surface area (Å²) >= 11 is 1.43. The van der Waals surface area contributed by atoms with E-state index < -0.39 is 29.6 Å². The number of carbonyl (C=O) groups is 2. The smallest absolute Gasteiger partial charge is 0.407 e. The molecule has 0 spiro atoms. The van der Waals surface area contributed by atoms with Gasteiger partial charge in [0, 0.05) is 11.8 Å². The van der Waals surface area contributed by atoms with Gasteiger partial charge >= 0.3 is 12.1 Å². The van der Waals surface area contributed by atoms with Gasteiger partial charge in [-0.15, -0.1) is 0 Å². The zero-order valence-corrected chi connectivity index (χ0v) is 11.8. The number of ether oxygens (including phenoxy) is 1. The van der Waals surface area contributed by atoms with Crippen LogP contribution >= 0.6 is 11.8 Å². The number of aliphatic carboxylic acids is 1. The Balaban J connectivity index is 4.35. The van der Waals surface area contributed by atoms with Crippen molar-refractivity contribution in [1.29, 1.82) is 0 Å². The number of alkyl carbamates (subject to hydrolysis) is 1. The number of hydrogen-bond acceptors (Lipinski definition) is 4. The van der Waals surface area contributed by atoms with Gasteiger partial charge in [0.1, 0.15) is 5.60 Å². The molecule has 0 aromatic rings. The van der Waals surface area contributed by atoms with Crippen molar-refractivity contribution >= 4 is 23.8 Å². The standard InChI is InChI=1S/C11H21NO4S/c1-7(8(6-17-5)9(13)14)12-10(15)16-11(2,3)4/h7-8H,6H2,1-5H3,(H,12,15)(H,13,14). The first kappa shape index (κ1) is 16.1. The molecule has 6 heteroatoms. The summed E-state index contributed by atoms with van der Waals surface area (Å²) in [5.74, 6) is -1.08. The minimum atomic E-state index is -0.914. The Morgan fingerprint density at radius 3 is 2.29 bits per heavy atom. The fraction of sp³-hybridized carbons (Fsp3) is 0.818. The first-order valence-corrected chi connectivity index (χ1v) is 6.78. The van der Waals surface area contributed by atoms with Crippen LogP contribution in [0.1, 0.15) is 27.7 Å². The Morgan fingerprint density at radius 2 is 1.94 bits per heavy atom. The Labute approximate surface area is 106 Å². The van der Waals surface area contributed by atoms with Crippen LogP contribution in [0.25, 0.3) is 0 Å². The van der Waals surface area contributed by atoms with Crippen LogP contribution in [0.4, 0.5) is 4.79 Å². The van der Waals surface area contributed by atoms with Crippen LogP contribution in [0.2, 0.25) is 0 Å². The molecule has 0 radical (unpaired) electrons. The summed E-state index contributed by atoms with van der Waals surface area (Å²) in [6.45, 7) is 6.94. The van der Waals surface area contributed by atoms with Crippen molar-refractivity contribution in [2.75, 3.05) is 12.0 Å². The minimum absolute atomic E-state index is 0.451. The second-order valence-electron chi connectivity index (χ2n) is 4.83. The lowest BCUT2D eigenvalue weighted by Crippen LogP contribution is -2.44. The van der Waals surface area contributed by atoms with E-state index in [2.05, 4.69) is 5.32 Å². The molecule has 0 aliphatic carbocycles.